The Bertz CT molecular complexity index is 517. The van der Waals surface area contributed by atoms with Gasteiger partial charge >= 0.3 is 0 Å². The van der Waals surface area contributed by atoms with Crippen LogP contribution in [0.3, 0.4) is 0 Å². The molecule has 1 aromatic rings. The molecule has 2 unspecified atom stereocenters. The van der Waals surface area contributed by atoms with Crippen molar-refractivity contribution in [3.8, 4) is 0 Å². The van der Waals surface area contributed by atoms with E-state index in [1.54, 1.807) is 0 Å². The summed E-state index contributed by atoms with van der Waals surface area (Å²) in [4.78, 5) is 14.8. The molecule has 0 aliphatic carbocycles. The average molecular weight is 330 g/mol. The van der Waals surface area contributed by atoms with E-state index < -0.39 is 0 Å². The highest BCUT2D eigenvalue weighted by Gasteiger charge is 2.24. The van der Waals surface area contributed by atoms with Crippen LogP contribution in [0.25, 0.3) is 0 Å². The first-order chi connectivity index (χ1) is 11.7. The summed E-state index contributed by atoms with van der Waals surface area (Å²) >= 11 is 0. The second-order valence-corrected chi connectivity index (χ2v) is 7.17. The van der Waals surface area contributed by atoms with Gasteiger partial charge in [0.2, 0.25) is 5.91 Å². The van der Waals surface area contributed by atoms with Crippen LogP contribution in [-0.2, 0) is 9.53 Å². The highest BCUT2D eigenvalue weighted by molar-refractivity contribution is 5.76. The molecule has 2 heterocycles. The van der Waals surface area contributed by atoms with Gasteiger partial charge in [-0.2, -0.15) is 0 Å². The molecule has 2 aliphatic rings. The number of hydrogen-bond donors (Lipinski definition) is 1. The molecule has 0 spiro atoms. The van der Waals surface area contributed by atoms with Crippen LogP contribution in [0.1, 0.15) is 55.7 Å². The third-order valence-corrected chi connectivity index (χ3v) is 5.22. The molecule has 1 N–H and O–H groups in total. The Balaban J connectivity index is 1.57. The van der Waals surface area contributed by atoms with Crippen LogP contribution >= 0.6 is 0 Å². The van der Waals surface area contributed by atoms with Gasteiger partial charge in [-0.05, 0) is 57.7 Å². The molecule has 1 amide bonds. The first kappa shape index (κ1) is 17.4. The number of ether oxygens (including phenoxy) is 1. The second-order valence-electron chi connectivity index (χ2n) is 7.17. The number of likely N-dealkylation sites (tertiary alicyclic amines) is 1. The van der Waals surface area contributed by atoms with Gasteiger partial charge in [0.1, 0.15) is 0 Å². The van der Waals surface area contributed by atoms with Gasteiger partial charge in [-0.25, -0.2) is 0 Å². The van der Waals surface area contributed by atoms with Crippen molar-refractivity contribution in [2.75, 3.05) is 26.2 Å². The Labute approximate surface area is 145 Å². The van der Waals surface area contributed by atoms with Crippen molar-refractivity contribution in [2.24, 2.45) is 0 Å². The van der Waals surface area contributed by atoms with Crippen LogP contribution in [0, 0.1) is 6.92 Å². The number of carbonyl (C=O) groups excluding carboxylic acids is 1. The van der Waals surface area contributed by atoms with Crippen molar-refractivity contribution in [1.29, 1.82) is 0 Å². The number of aryl methyl sites for hydroxylation is 1. The van der Waals surface area contributed by atoms with E-state index >= 15 is 0 Å². The lowest BCUT2D eigenvalue weighted by atomic mass is 10.0. The Morgan fingerprint density at radius 2 is 1.96 bits per heavy atom. The minimum Gasteiger partial charge on any atom is -0.378 e. The van der Waals surface area contributed by atoms with E-state index in [0.717, 1.165) is 32.5 Å². The minimum absolute atomic E-state index is 0.114. The molecular formula is C20H30N2O2. The fraction of sp³-hybridized carbons (Fsp3) is 0.650. The molecule has 2 aliphatic heterocycles. The van der Waals surface area contributed by atoms with Gasteiger partial charge in [-0.3, -0.25) is 9.69 Å². The lowest BCUT2D eigenvalue weighted by molar-refractivity contribution is -0.125. The van der Waals surface area contributed by atoms with Gasteiger partial charge < -0.3 is 10.1 Å². The van der Waals surface area contributed by atoms with Gasteiger partial charge in [0.25, 0.3) is 0 Å². The lowest BCUT2D eigenvalue weighted by Gasteiger charge is -2.29. The SMILES string of the molecule is Cc1ccc(C(CNC(=O)CC2CCCCO2)N2CCCC2)cc1. The molecule has 0 saturated carbocycles. The van der Waals surface area contributed by atoms with Crippen LogP contribution in [0.15, 0.2) is 24.3 Å². The van der Waals surface area contributed by atoms with E-state index in [1.807, 2.05) is 0 Å². The van der Waals surface area contributed by atoms with E-state index in [2.05, 4.69) is 41.4 Å². The van der Waals surface area contributed by atoms with Gasteiger partial charge in [0.15, 0.2) is 0 Å². The number of nitrogens with one attached hydrogen (secondary N) is 1. The monoisotopic (exact) mass is 330 g/mol. The molecule has 2 fully saturated rings. The Morgan fingerprint density at radius 1 is 1.21 bits per heavy atom. The molecule has 4 heteroatoms. The minimum atomic E-state index is 0.114. The summed E-state index contributed by atoms with van der Waals surface area (Å²) in [7, 11) is 0. The van der Waals surface area contributed by atoms with E-state index in [9.17, 15) is 4.79 Å². The Hall–Kier alpha value is -1.39. The Kier molecular flexibility index (Phi) is 6.27. The standard InChI is InChI=1S/C20H30N2O2/c1-16-7-9-17(10-8-16)19(22-11-3-4-12-22)15-21-20(23)14-18-6-2-5-13-24-18/h7-10,18-19H,2-6,11-15H2,1H3,(H,21,23). The van der Waals surface area contributed by atoms with Gasteiger partial charge in [-0.1, -0.05) is 29.8 Å². The maximum Gasteiger partial charge on any atom is 0.222 e. The molecule has 2 saturated heterocycles. The van der Waals surface area contributed by atoms with Crippen LogP contribution in [0.4, 0.5) is 0 Å². The number of nitrogens with zero attached hydrogens (tertiary/aromatic N) is 1. The zero-order valence-corrected chi connectivity index (χ0v) is 14.8. The zero-order chi connectivity index (χ0) is 16.8. The fourth-order valence-corrected chi connectivity index (χ4v) is 3.76. The van der Waals surface area contributed by atoms with Gasteiger partial charge in [-0.15, -0.1) is 0 Å². The molecule has 4 nitrogen and oxygen atoms in total. The van der Waals surface area contributed by atoms with Crippen molar-refractivity contribution in [3.63, 3.8) is 0 Å². The van der Waals surface area contributed by atoms with Crippen LogP contribution in [0.2, 0.25) is 0 Å². The maximum absolute atomic E-state index is 12.3. The maximum atomic E-state index is 12.3. The van der Waals surface area contributed by atoms with Crippen molar-refractivity contribution < 1.29 is 9.53 Å². The van der Waals surface area contributed by atoms with E-state index in [0.29, 0.717) is 13.0 Å². The summed E-state index contributed by atoms with van der Waals surface area (Å²) in [6, 6.07) is 9.01. The molecule has 0 bridgehead atoms. The lowest BCUT2D eigenvalue weighted by Crippen LogP contribution is -2.38. The van der Waals surface area contributed by atoms with Crippen molar-refractivity contribution >= 4 is 5.91 Å². The number of hydrogen-bond acceptors (Lipinski definition) is 3. The van der Waals surface area contributed by atoms with Crippen molar-refractivity contribution in [1.82, 2.24) is 10.2 Å². The van der Waals surface area contributed by atoms with Crippen LogP contribution in [-0.4, -0.2) is 43.2 Å². The Morgan fingerprint density at radius 3 is 2.62 bits per heavy atom. The third-order valence-electron chi connectivity index (χ3n) is 5.22. The normalized spacial score (nSPS) is 23.1. The largest absolute Gasteiger partial charge is 0.378 e. The van der Waals surface area contributed by atoms with Crippen LogP contribution < -0.4 is 5.32 Å². The van der Waals surface area contributed by atoms with Gasteiger partial charge in [0, 0.05) is 13.2 Å². The topological polar surface area (TPSA) is 41.6 Å². The molecule has 24 heavy (non-hydrogen) atoms. The van der Waals surface area contributed by atoms with Crippen LogP contribution in [0.5, 0.6) is 0 Å². The molecule has 1 aromatic carbocycles. The summed E-state index contributed by atoms with van der Waals surface area (Å²) in [5.74, 6) is 0.123. The van der Waals surface area contributed by atoms with Crippen molar-refractivity contribution in [2.45, 2.75) is 57.6 Å². The highest BCUT2D eigenvalue weighted by atomic mass is 16.5. The molecule has 132 valence electrons. The molecular weight excluding hydrogens is 300 g/mol. The zero-order valence-electron chi connectivity index (χ0n) is 14.8. The van der Waals surface area contributed by atoms with E-state index in [-0.39, 0.29) is 18.1 Å². The molecule has 3 rings (SSSR count). The molecule has 0 radical (unpaired) electrons. The molecule has 2 atom stereocenters. The predicted octanol–water partition coefficient (Wildman–Crippen LogP) is 3.21. The van der Waals surface area contributed by atoms with Crippen molar-refractivity contribution in [3.05, 3.63) is 35.4 Å². The average Bonchev–Trinajstić information content (AvgIpc) is 3.12. The highest BCUT2D eigenvalue weighted by Crippen LogP contribution is 2.25. The summed E-state index contributed by atoms with van der Waals surface area (Å²) in [6.07, 6.45) is 6.45. The predicted molar refractivity (Wildman–Crippen MR) is 95.9 cm³/mol. The number of amides is 1. The third kappa shape index (κ3) is 4.81. The van der Waals surface area contributed by atoms with E-state index in [4.69, 9.17) is 4.74 Å². The quantitative estimate of drug-likeness (QED) is 0.871. The van der Waals surface area contributed by atoms with Gasteiger partial charge in [0.05, 0.1) is 18.6 Å². The summed E-state index contributed by atoms with van der Waals surface area (Å²) < 4.78 is 5.68. The van der Waals surface area contributed by atoms with E-state index in [1.165, 1.54) is 30.4 Å². The first-order valence-corrected chi connectivity index (χ1v) is 9.41. The number of benzene rings is 1. The molecule has 0 aromatic heterocycles. The first-order valence-electron chi connectivity index (χ1n) is 9.41. The summed E-state index contributed by atoms with van der Waals surface area (Å²) in [5.41, 5.74) is 2.58. The summed E-state index contributed by atoms with van der Waals surface area (Å²) in [5, 5.41) is 3.16. The number of carbonyl (C=O) groups is 1. The second kappa shape index (κ2) is 8.63. The fourth-order valence-electron chi connectivity index (χ4n) is 3.76. The number of rotatable bonds is 6. The smallest absolute Gasteiger partial charge is 0.222 e. The summed E-state index contributed by atoms with van der Waals surface area (Å²) in [6.45, 7) is 5.85.